The third-order valence-electron chi connectivity index (χ3n) is 2.35. The molecule has 0 saturated carbocycles. The van der Waals surface area contributed by atoms with Crippen LogP contribution in [0.5, 0.6) is 0 Å². The lowest BCUT2D eigenvalue weighted by Crippen LogP contribution is -2.27. The first-order valence-corrected chi connectivity index (χ1v) is 8.44. The predicted octanol–water partition coefficient (Wildman–Crippen LogP) is 3.97. The Morgan fingerprint density at radius 1 is 1.15 bits per heavy atom. The SMILES string of the molecule is CCC=CCCCC[Si](C)(C)OC. The van der Waals surface area contributed by atoms with Crippen molar-refractivity contribution in [2.45, 2.75) is 51.7 Å². The molecule has 0 aliphatic heterocycles. The minimum Gasteiger partial charge on any atom is -0.420 e. The molecule has 0 aliphatic rings. The third kappa shape index (κ3) is 8.25. The minimum absolute atomic E-state index is 1.16. The molecule has 78 valence electrons. The van der Waals surface area contributed by atoms with Crippen LogP contribution in [-0.4, -0.2) is 15.4 Å². The van der Waals surface area contributed by atoms with Gasteiger partial charge in [0.1, 0.15) is 0 Å². The standard InChI is InChI=1S/C11H24OSi/c1-5-6-7-8-9-10-11-13(3,4)12-2/h6-7H,5,8-11H2,1-4H3. The van der Waals surface area contributed by atoms with Gasteiger partial charge < -0.3 is 4.43 Å². The molecule has 0 N–H and O–H groups in total. The second-order valence-electron chi connectivity index (χ2n) is 4.09. The summed E-state index contributed by atoms with van der Waals surface area (Å²) in [5.74, 6) is 0. The predicted molar refractivity (Wildman–Crippen MR) is 62.6 cm³/mol. The van der Waals surface area contributed by atoms with E-state index in [0.717, 1.165) is 6.42 Å². The van der Waals surface area contributed by atoms with Crippen molar-refractivity contribution >= 4 is 8.32 Å². The average Bonchev–Trinajstić information content (AvgIpc) is 2.11. The lowest BCUT2D eigenvalue weighted by molar-refractivity contribution is 0.401. The van der Waals surface area contributed by atoms with E-state index in [1.165, 1.54) is 25.3 Å². The van der Waals surface area contributed by atoms with E-state index in [0.29, 0.717) is 0 Å². The van der Waals surface area contributed by atoms with E-state index in [1.54, 1.807) is 0 Å². The van der Waals surface area contributed by atoms with E-state index in [4.69, 9.17) is 4.43 Å². The van der Waals surface area contributed by atoms with Crippen LogP contribution in [0.3, 0.4) is 0 Å². The van der Waals surface area contributed by atoms with E-state index in [1.807, 2.05) is 7.11 Å². The second-order valence-corrected chi connectivity index (χ2v) is 8.52. The van der Waals surface area contributed by atoms with Gasteiger partial charge in [0.25, 0.3) is 0 Å². The topological polar surface area (TPSA) is 9.23 Å². The van der Waals surface area contributed by atoms with Gasteiger partial charge in [-0.3, -0.25) is 0 Å². The maximum atomic E-state index is 5.49. The normalized spacial score (nSPS) is 12.6. The highest BCUT2D eigenvalue weighted by Crippen LogP contribution is 2.14. The van der Waals surface area contributed by atoms with Crippen molar-refractivity contribution in [3.63, 3.8) is 0 Å². The van der Waals surface area contributed by atoms with Gasteiger partial charge in [-0.05, 0) is 32.0 Å². The Morgan fingerprint density at radius 3 is 2.38 bits per heavy atom. The minimum atomic E-state index is -1.27. The summed E-state index contributed by atoms with van der Waals surface area (Å²) >= 11 is 0. The van der Waals surface area contributed by atoms with Gasteiger partial charge in [-0.2, -0.15) is 0 Å². The van der Waals surface area contributed by atoms with Crippen molar-refractivity contribution in [2.24, 2.45) is 0 Å². The van der Waals surface area contributed by atoms with Crippen LogP contribution in [-0.2, 0) is 4.43 Å². The molecule has 2 heteroatoms. The highest BCUT2D eigenvalue weighted by Gasteiger charge is 2.18. The quantitative estimate of drug-likeness (QED) is 0.343. The molecule has 0 atom stereocenters. The summed E-state index contributed by atoms with van der Waals surface area (Å²) in [6.45, 7) is 6.75. The molecule has 13 heavy (non-hydrogen) atoms. The van der Waals surface area contributed by atoms with E-state index < -0.39 is 8.32 Å². The molecule has 0 unspecified atom stereocenters. The van der Waals surface area contributed by atoms with Gasteiger partial charge in [0.15, 0.2) is 8.32 Å². The van der Waals surface area contributed by atoms with Crippen molar-refractivity contribution in [3.8, 4) is 0 Å². The Labute approximate surface area is 84.3 Å². The zero-order chi connectivity index (χ0) is 10.2. The van der Waals surface area contributed by atoms with E-state index in [2.05, 4.69) is 32.2 Å². The van der Waals surface area contributed by atoms with Gasteiger partial charge >= 0.3 is 0 Å². The molecule has 1 nitrogen and oxygen atoms in total. The molecule has 0 bridgehead atoms. The molecule has 0 amide bonds. The highest BCUT2D eigenvalue weighted by atomic mass is 28.4. The molecular weight excluding hydrogens is 176 g/mol. The van der Waals surface area contributed by atoms with Crippen molar-refractivity contribution in [3.05, 3.63) is 12.2 Å². The van der Waals surface area contributed by atoms with Crippen LogP contribution in [0, 0.1) is 0 Å². The zero-order valence-electron chi connectivity index (χ0n) is 9.60. The van der Waals surface area contributed by atoms with Crippen LogP contribution < -0.4 is 0 Å². The second kappa shape index (κ2) is 7.33. The largest absolute Gasteiger partial charge is 0.420 e. The molecule has 0 saturated heterocycles. The smallest absolute Gasteiger partial charge is 0.186 e. The van der Waals surface area contributed by atoms with Crippen LogP contribution in [0.2, 0.25) is 19.1 Å². The molecular formula is C11H24OSi. The van der Waals surface area contributed by atoms with Crippen LogP contribution in [0.4, 0.5) is 0 Å². The Balaban J connectivity index is 3.30. The number of allylic oxidation sites excluding steroid dienone is 2. The van der Waals surface area contributed by atoms with E-state index in [-0.39, 0.29) is 0 Å². The summed E-state index contributed by atoms with van der Waals surface area (Å²) in [4.78, 5) is 0. The lowest BCUT2D eigenvalue weighted by atomic mass is 10.2. The van der Waals surface area contributed by atoms with Crippen molar-refractivity contribution in [2.75, 3.05) is 7.11 Å². The number of rotatable bonds is 7. The molecule has 0 radical (unpaired) electrons. The molecule has 0 spiro atoms. The van der Waals surface area contributed by atoms with Crippen molar-refractivity contribution in [1.82, 2.24) is 0 Å². The van der Waals surface area contributed by atoms with E-state index in [9.17, 15) is 0 Å². The van der Waals surface area contributed by atoms with Gasteiger partial charge in [-0.15, -0.1) is 0 Å². The number of unbranched alkanes of at least 4 members (excludes halogenated alkanes) is 2. The maximum absolute atomic E-state index is 5.49. The van der Waals surface area contributed by atoms with Crippen LogP contribution in [0.1, 0.15) is 32.6 Å². The number of hydrogen-bond donors (Lipinski definition) is 0. The van der Waals surface area contributed by atoms with Crippen LogP contribution >= 0.6 is 0 Å². The van der Waals surface area contributed by atoms with Gasteiger partial charge in [0.05, 0.1) is 0 Å². The van der Waals surface area contributed by atoms with Gasteiger partial charge in [-0.25, -0.2) is 0 Å². The summed E-state index contributed by atoms with van der Waals surface area (Å²) in [7, 11) is 0.581. The Bertz CT molecular complexity index is 141. The highest BCUT2D eigenvalue weighted by molar-refractivity contribution is 6.71. The fraction of sp³-hybridized carbons (Fsp3) is 0.818. The maximum Gasteiger partial charge on any atom is 0.186 e. The zero-order valence-corrected chi connectivity index (χ0v) is 10.6. The summed E-state index contributed by atoms with van der Waals surface area (Å²) in [5.41, 5.74) is 0. The lowest BCUT2D eigenvalue weighted by Gasteiger charge is -2.19. The monoisotopic (exact) mass is 200 g/mol. The molecule has 0 aliphatic carbocycles. The number of hydrogen-bond acceptors (Lipinski definition) is 1. The Hall–Kier alpha value is -0.0831. The third-order valence-corrected chi connectivity index (χ3v) is 5.02. The van der Waals surface area contributed by atoms with Gasteiger partial charge in [0, 0.05) is 7.11 Å². The molecule has 0 rings (SSSR count). The molecule has 0 aromatic rings. The fourth-order valence-corrected chi connectivity index (χ4v) is 2.51. The first kappa shape index (κ1) is 12.9. The molecule has 0 heterocycles. The van der Waals surface area contributed by atoms with Crippen molar-refractivity contribution in [1.29, 1.82) is 0 Å². The first-order valence-electron chi connectivity index (χ1n) is 5.32. The fourth-order valence-electron chi connectivity index (χ4n) is 1.20. The van der Waals surface area contributed by atoms with Crippen molar-refractivity contribution < 1.29 is 4.43 Å². The summed E-state index contributed by atoms with van der Waals surface area (Å²) in [5, 5.41) is 0. The molecule has 0 fully saturated rings. The van der Waals surface area contributed by atoms with Crippen LogP contribution in [0.15, 0.2) is 12.2 Å². The Kier molecular flexibility index (Phi) is 7.29. The summed E-state index contributed by atoms with van der Waals surface area (Å²) < 4.78 is 5.49. The van der Waals surface area contributed by atoms with Crippen LogP contribution in [0.25, 0.3) is 0 Å². The van der Waals surface area contributed by atoms with Gasteiger partial charge in [0.2, 0.25) is 0 Å². The van der Waals surface area contributed by atoms with E-state index >= 15 is 0 Å². The Morgan fingerprint density at radius 2 is 1.85 bits per heavy atom. The summed E-state index contributed by atoms with van der Waals surface area (Å²) in [6.07, 6.45) is 9.58. The summed E-state index contributed by atoms with van der Waals surface area (Å²) in [6, 6.07) is 1.30. The van der Waals surface area contributed by atoms with Gasteiger partial charge in [-0.1, -0.05) is 31.9 Å². The molecule has 0 aromatic carbocycles. The first-order chi connectivity index (χ1) is 6.12. The average molecular weight is 200 g/mol. The molecule has 0 aromatic heterocycles.